The van der Waals surface area contributed by atoms with Gasteiger partial charge < -0.3 is 9.67 Å². The summed E-state index contributed by atoms with van der Waals surface area (Å²) in [5.74, 6) is 3.01. The molecule has 1 heterocycles. The molecule has 2 nitrogen and oxygen atoms in total. The number of benzene rings is 1. The highest BCUT2D eigenvalue weighted by atomic mass is 28.3. The van der Waals surface area contributed by atoms with Gasteiger partial charge in [-0.3, -0.25) is 0 Å². The number of allylic oxidation sites excluding steroid dienone is 1. The summed E-state index contributed by atoms with van der Waals surface area (Å²) in [7, 11) is -1.48. The van der Waals surface area contributed by atoms with E-state index in [1.807, 2.05) is 24.3 Å². The SMILES string of the molecule is C=CCn1c(C(O)C#C[Si](C)(C)C)cc2ccccc21. The fourth-order valence-electron chi connectivity index (χ4n) is 2.15. The summed E-state index contributed by atoms with van der Waals surface area (Å²) in [4.78, 5) is 0. The standard InChI is InChI=1S/C17H21NOSi/c1-5-11-18-15-9-7-6-8-14(15)13-16(18)17(19)10-12-20(2,3)4/h5-9,13,17,19H,1,11H2,2-4H3. The minimum absolute atomic E-state index is 0.675. The maximum Gasteiger partial charge on any atom is 0.154 e. The Morgan fingerprint density at radius 2 is 2.05 bits per heavy atom. The fraction of sp³-hybridized carbons (Fsp3) is 0.294. The Kier molecular flexibility index (Phi) is 4.17. The average molecular weight is 283 g/mol. The maximum absolute atomic E-state index is 10.4. The van der Waals surface area contributed by atoms with E-state index in [4.69, 9.17) is 0 Å². The molecular formula is C17H21NOSi. The van der Waals surface area contributed by atoms with Crippen LogP contribution in [0.25, 0.3) is 10.9 Å². The molecule has 3 heteroatoms. The van der Waals surface area contributed by atoms with Crippen molar-refractivity contribution in [3.05, 3.63) is 48.7 Å². The number of fused-ring (bicyclic) bond motifs is 1. The van der Waals surface area contributed by atoms with Gasteiger partial charge in [-0.05, 0) is 12.1 Å². The van der Waals surface area contributed by atoms with Gasteiger partial charge in [-0.15, -0.1) is 12.1 Å². The predicted octanol–water partition coefficient (Wildman–Crippen LogP) is 3.74. The monoisotopic (exact) mass is 283 g/mol. The molecule has 0 aliphatic carbocycles. The molecule has 20 heavy (non-hydrogen) atoms. The first-order valence-corrected chi connectivity index (χ1v) is 10.3. The smallest absolute Gasteiger partial charge is 0.154 e. The van der Waals surface area contributed by atoms with Crippen molar-refractivity contribution in [3.63, 3.8) is 0 Å². The van der Waals surface area contributed by atoms with Crippen molar-refractivity contribution in [1.82, 2.24) is 4.57 Å². The van der Waals surface area contributed by atoms with Gasteiger partial charge in [0.1, 0.15) is 8.07 Å². The second-order valence-corrected chi connectivity index (χ2v) is 10.7. The summed E-state index contributed by atoms with van der Waals surface area (Å²) in [6.07, 6.45) is 1.10. The van der Waals surface area contributed by atoms with Gasteiger partial charge >= 0.3 is 0 Å². The molecule has 0 bridgehead atoms. The number of hydrogen-bond donors (Lipinski definition) is 1. The Morgan fingerprint density at radius 3 is 2.70 bits per heavy atom. The molecule has 1 unspecified atom stereocenters. The van der Waals surface area contributed by atoms with E-state index in [-0.39, 0.29) is 0 Å². The van der Waals surface area contributed by atoms with E-state index in [1.54, 1.807) is 0 Å². The fourth-order valence-corrected chi connectivity index (χ4v) is 2.72. The normalized spacial score (nSPS) is 12.8. The number of aromatic nitrogens is 1. The van der Waals surface area contributed by atoms with Gasteiger partial charge in [0.05, 0.1) is 5.69 Å². The molecular weight excluding hydrogens is 262 g/mol. The summed E-state index contributed by atoms with van der Waals surface area (Å²) >= 11 is 0. The minimum atomic E-state index is -1.48. The number of rotatable bonds is 3. The molecule has 0 aliphatic heterocycles. The zero-order valence-electron chi connectivity index (χ0n) is 12.4. The van der Waals surface area contributed by atoms with Crippen molar-refractivity contribution in [3.8, 4) is 11.5 Å². The van der Waals surface area contributed by atoms with Crippen LogP contribution in [0.4, 0.5) is 0 Å². The summed E-state index contributed by atoms with van der Waals surface area (Å²) < 4.78 is 2.08. The van der Waals surface area contributed by atoms with E-state index in [0.29, 0.717) is 6.54 Å². The van der Waals surface area contributed by atoms with Gasteiger partial charge in [0.25, 0.3) is 0 Å². The molecule has 0 spiro atoms. The highest BCUT2D eigenvalue weighted by Gasteiger charge is 2.15. The topological polar surface area (TPSA) is 25.2 Å². The second-order valence-electron chi connectivity index (χ2n) is 5.95. The van der Waals surface area contributed by atoms with Crippen LogP contribution in [0.15, 0.2) is 43.0 Å². The van der Waals surface area contributed by atoms with Crippen LogP contribution in [0.3, 0.4) is 0 Å². The van der Waals surface area contributed by atoms with Crippen molar-refractivity contribution >= 4 is 19.0 Å². The molecule has 0 aliphatic rings. The van der Waals surface area contributed by atoms with Crippen LogP contribution >= 0.6 is 0 Å². The number of hydrogen-bond acceptors (Lipinski definition) is 1. The number of para-hydroxylation sites is 1. The lowest BCUT2D eigenvalue weighted by molar-refractivity contribution is 0.229. The van der Waals surface area contributed by atoms with Gasteiger partial charge in [0.15, 0.2) is 6.10 Å². The average Bonchev–Trinajstić information content (AvgIpc) is 2.75. The molecule has 1 aromatic carbocycles. The van der Waals surface area contributed by atoms with Crippen LogP contribution < -0.4 is 0 Å². The van der Waals surface area contributed by atoms with Crippen LogP contribution in [0.2, 0.25) is 19.6 Å². The third-order valence-electron chi connectivity index (χ3n) is 3.02. The van der Waals surface area contributed by atoms with E-state index in [9.17, 15) is 5.11 Å². The minimum Gasteiger partial charge on any atom is -0.375 e. The summed E-state index contributed by atoms with van der Waals surface area (Å²) in [5, 5.41) is 11.5. The Hall–Kier alpha value is -1.76. The molecule has 2 aromatic rings. The number of aliphatic hydroxyl groups excluding tert-OH is 1. The Balaban J connectivity index is 2.49. The van der Waals surface area contributed by atoms with E-state index >= 15 is 0 Å². The van der Waals surface area contributed by atoms with Crippen molar-refractivity contribution in [2.24, 2.45) is 0 Å². The summed E-state index contributed by atoms with van der Waals surface area (Å²) in [5.41, 5.74) is 5.19. The molecule has 0 fully saturated rings. The van der Waals surface area contributed by atoms with E-state index < -0.39 is 14.2 Å². The summed E-state index contributed by atoms with van der Waals surface area (Å²) in [6.45, 7) is 11.0. The molecule has 104 valence electrons. The lowest BCUT2D eigenvalue weighted by Crippen LogP contribution is -2.17. The Labute approximate surface area is 121 Å². The Morgan fingerprint density at radius 1 is 1.35 bits per heavy atom. The quantitative estimate of drug-likeness (QED) is 0.518. The van der Waals surface area contributed by atoms with E-state index in [2.05, 4.69) is 54.4 Å². The molecule has 0 radical (unpaired) electrons. The van der Waals surface area contributed by atoms with Crippen molar-refractivity contribution in [1.29, 1.82) is 0 Å². The van der Waals surface area contributed by atoms with Crippen molar-refractivity contribution < 1.29 is 5.11 Å². The van der Waals surface area contributed by atoms with Gasteiger partial charge in [0.2, 0.25) is 0 Å². The molecule has 2 rings (SSSR count). The van der Waals surface area contributed by atoms with E-state index in [1.165, 1.54) is 0 Å². The van der Waals surface area contributed by atoms with Crippen molar-refractivity contribution in [2.75, 3.05) is 0 Å². The maximum atomic E-state index is 10.4. The van der Waals surface area contributed by atoms with Gasteiger partial charge in [-0.2, -0.15) is 0 Å². The molecule has 0 amide bonds. The highest BCUT2D eigenvalue weighted by molar-refractivity contribution is 6.83. The summed E-state index contributed by atoms with van der Waals surface area (Å²) in [6, 6.07) is 10.1. The van der Waals surface area contributed by atoms with E-state index in [0.717, 1.165) is 16.6 Å². The zero-order chi connectivity index (χ0) is 14.8. The zero-order valence-corrected chi connectivity index (χ0v) is 13.4. The molecule has 0 saturated carbocycles. The highest BCUT2D eigenvalue weighted by Crippen LogP contribution is 2.24. The van der Waals surface area contributed by atoms with Gasteiger partial charge in [-0.25, -0.2) is 0 Å². The van der Waals surface area contributed by atoms with Crippen LogP contribution in [0, 0.1) is 11.5 Å². The lowest BCUT2D eigenvalue weighted by Gasteiger charge is -2.11. The largest absolute Gasteiger partial charge is 0.375 e. The first kappa shape index (κ1) is 14.6. The van der Waals surface area contributed by atoms with Gasteiger partial charge in [0, 0.05) is 17.4 Å². The number of aliphatic hydroxyl groups is 1. The van der Waals surface area contributed by atoms with Crippen LogP contribution in [-0.4, -0.2) is 17.7 Å². The molecule has 1 N–H and O–H groups in total. The molecule has 0 saturated heterocycles. The van der Waals surface area contributed by atoms with Crippen LogP contribution in [0.5, 0.6) is 0 Å². The first-order chi connectivity index (χ1) is 9.42. The van der Waals surface area contributed by atoms with Gasteiger partial charge in [-0.1, -0.05) is 49.8 Å². The van der Waals surface area contributed by atoms with Crippen LogP contribution in [0.1, 0.15) is 11.8 Å². The third-order valence-corrected chi connectivity index (χ3v) is 3.91. The lowest BCUT2D eigenvalue weighted by atomic mass is 10.2. The van der Waals surface area contributed by atoms with Crippen LogP contribution in [-0.2, 0) is 6.54 Å². The first-order valence-electron chi connectivity index (χ1n) is 6.82. The number of nitrogens with zero attached hydrogens (tertiary/aromatic N) is 1. The molecule has 1 atom stereocenters. The molecule has 1 aromatic heterocycles. The second kappa shape index (κ2) is 5.70. The Bertz CT molecular complexity index is 682. The third kappa shape index (κ3) is 3.22. The predicted molar refractivity (Wildman–Crippen MR) is 88.2 cm³/mol. The van der Waals surface area contributed by atoms with Crippen molar-refractivity contribution in [2.45, 2.75) is 32.3 Å².